The zero-order valence-corrected chi connectivity index (χ0v) is 19.6. The van der Waals surface area contributed by atoms with Crippen LogP contribution in [0.1, 0.15) is 0 Å². The molecule has 0 aliphatic heterocycles. The summed E-state index contributed by atoms with van der Waals surface area (Å²) in [6.07, 6.45) is 1.54. The highest BCUT2D eigenvalue weighted by Gasteiger charge is 2.22. The molecular formula is C12H3Cl9OS2. The van der Waals surface area contributed by atoms with Crippen LogP contribution in [-0.2, 0) is 4.79 Å². The second-order valence-corrected chi connectivity index (χ2v) is 9.13. The third-order valence-corrected chi connectivity index (χ3v) is 8.41. The molecule has 1 nitrogen and oxygen atoms in total. The van der Waals surface area contributed by atoms with Gasteiger partial charge in [0.1, 0.15) is 5.03 Å². The lowest BCUT2D eigenvalue weighted by Crippen LogP contribution is -1.93. The maximum Gasteiger partial charge on any atom is 0.232 e. The fourth-order valence-electron chi connectivity index (χ4n) is 1.17. The molecule has 0 radical (unpaired) electrons. The van der Waals surface area contributed by atoms with Gasteiger partial charge in [-0.25, -0.2) is 0 Å². The molecule has 0 bridgehead atoms. The van der Waals surface area contributed by atoms with Crippen LogP contribution in [-0.4, -0.2) is 11.4 Å². The first-order chi connectivity index (χ1) is 11.0. The Bertz CT molecular complexity index is 728. The van der Waals surface area contributed by atoms with Gasteiger partial charge in [0.15, 0.2) is 0 Å². The molecule has 1 aromatic rings. The van der Waals surface area contributed by atoms with Gasteiger partial charge in [0.2, 0.25) is 5.12 Å². The number of thioether (sulfide) groups is 2. The van der Waals surface area contributed by atoms with Gasteiger partial charge in [-0.15, -0.1) is 0 Å². The lowest BCUT2D eigenvalue weighted by atomic mass is 10.3. The molecule has 1 aromatic carbocycles. The largest absolute Gasteiger partial charge is 0.281 e. The van der Waals surface area contributed by atoms with Crippen molar-refractivity contribution in [3.05, 3.63) is 44.6 Å². The molecule has 24 heavy (non-hydrogen) atoms. The lowest BCUT2D eigenvalue weighted by molar-refractivity contribution is -0.107. The van der Waals surface area contributed by atoms with Crippen molar-refractivity contribution in [3.63, 3.8) is 0 Å². The van der Waals surface area contributed by atoms with Gasteiger partial charge in [-0.2, -0.15) is 0 Å². The van der Waals surface area contributed by atoms with Crippen LogP contribution in [0, 0.1) is 0 Å². The van der Waals surface area contributed by atoms with Crippen molar-refractivity contribution in [2.24, 2.45) is 0 Å². The minimum atomic E-state index is -0.470. The van der Waals surface area contributed by atoms with Crippen LogP contribution in [0.4, 0.5) is 0 Å². The topological polar surface area (TPSA) is 17.1 Å². The number of carbonyl (C=O) groups excluding carboxylic acids is 1. The minimum Gasteiger partial charge on any atom is -0.281 e. The Labute approximate surface area is 191 Å². The number of allylic oxidation sites excluding steroid dienone is 2. The molecule has 1 rings (SSSR count). The van der Waals surface area contributed by atoms with Crippen molar-refractivity contribution in [1.82, 2.24) is 0 Å². The molecule has 0 unspecified atom stereocenters. The van der Waals surface area contributed by atoms with E-state index in [9.17, 15) is 4.79 Å². The zero-order chi connectivity index (χ0) is 18.8. The summed E-state index contributed by atoms with van der Waals surface area (Å²) in [6, 6.07) is 0. The second-order valence-electron chi connectivity index (χ2n) is 3.71. The summed E-state index contributed by atoms with van der Waals surface area (Å²) in [4.78, 5) is 11.8. The standard InChI is InChI=1S/C12H3Cl9OS2/c1-23-12(22)9(20)5(16)8(19)11(21)24-10-6(17)3(14)2(13)4(15)7(10)18/h1H3/b9-5-,11-8+. The molecule has 0 aliphatic rings. The van der Waals surface area contributed by atoms with Gasteiger partial charge >= 0.3 is 0 Å². The number of hydrogen-bond acceptors (Lipinski definition) is 3. The van der Waals surface area contributed by atoms with E-state index < -0.39 is 5.12 Å². The molecule has 0 fully saturated rings. The van der Waals surface area contributed by atoms with Crippen LogP contribution >= 0.6 is 128 Å². The van der Waals surface area contributed by atoms with E-state index in [2.05, 4.69) is 0 Å². The highest BCUT2D eigenvalue weighted by atomic mass is 35.5. The van der Waals surface area contributed by atoms with Crippen molar-refractivity contribution >= 4 is 133 Å². The van der Waals surface area contributed by atoms with Gasteiger partial charge in [0.25, 0.3) is 0 Å². The normalized spacial score (nSPS) is 13.6. The molecule has 0 N–H and O–H groups in total. The van der Waals surface area contributed by atoms with E-state index in [1.807, 2.05) is 0 Å². The third kappa shape index (κ3) is 5.36. The van der Waals surface area contributed by atoms with E-state index >= 15 is 0 Å². The SMILES string of the molecule is CSC(=O)/C(Cl)=C(Cl)\C(Cl)=C(\Cl)Sc1c(Cl)c(Cl)c(Cl)c(Cl)c1Cl. The van der Waals surface area contributed by atoms with E-state index in [1.54, 1.807) is 6.26 Å². The molecule has 0 spiro atoms. The van der Waals surface area contributed by atoms with Crippen LogP contribution in [0.25, 0.3) is 0 Å². The van der Waals surface area contributed by atoms with Crippen molar-refractivity contribution in [3.8, 4) is 0 Å². The maximum atomic E-state index is 11.5. The lowest BCUT2D eigenvalue weighted by Gasteiger charge is -2.12. The summed E-state index contributed by atoms with van der Waals surface area (Å²) in [5, 5.41) is -1.01. The molecule has 0 aromatic heterocycles. The Morgan fingerprint density at radius 3 is 1.54 bits per heavy atom. The Balaban J connectivity index is 3.39. The van der Waals surface area contributed by atoms with E-state index in [0.717, 1.165) is 23.5 Å². The number of halogens is 9. The predicted molar refractivity (Wildman–Crippen MR) is 113 cm³/mol. The summed E-state index contributed by atoms with van der Waals surface area (Å²) >= 11 is 55.8. The molecule has 0 amide bonds. The molecule has 0 atom stereocenters. The summed E-state index contributed by atoms with van der Waals surface area (Å²) in [6.45, 7) is 0. The van der Waals surface area contributed by atoms with Crippen molar-refractivity contribution in [1.29, 1.82) is 0 Å². The average molecular weight is 546 g/mol. The monoisotopic (exact) mass is 542 g/mol. The van der Waals surface area contributed by atoms with Crippen LogP contribution in [0.5, 0.6) is 0 Å². The summed E-state index contributed by atoms with van der Waals surface area (Å²) in [5.74, 6) is 0. The van der Waals surface area contributed by atoms with Gasteiger partial charge in [0.05, 0.1) is 44.4 Å². The predicted octanol–water partition coefficient (Wildman–Crippen LogP) is 9.27. The molecular weight excluding hydrogens is 543 g/mol. The molecule has 0 saturated carbocycles. The Kier molecular flexibility index (Phi) is 10.2. The Morgan fingerprint density at radius 1 is 0.708 bits per heavy atom. The number of hydrogen-bond donors (Lipinski definition) is 0. The molecule has 12 heteroatoms. The summed E-state index contributed by atoms with van der Waals surface area (Å²) < 4.78 is -0.0491. The van der Waals surface area contributed by atoms with Gasteiger partial charge in [-0.3, -0.25) is 4.79 Å². The van der Waals surface area contributed by atoms with E-state index in [0.29, 0.717) is 0 Å². The van der Waals surface area contributed by atoms with Crippen molar-refractivity contribution in [2.75, 3.05) is 6.26 Å². The van der Waals surface area contributed by atoms with Gasteiger partial charge in [-0.1, -0.05) is 128 Å². The zero-order valence-electron chi connectivity index (χ0n) is 11.1. The fourth-order valence-corrected chi connectivity index (χ4v) is 4.94. The highest BCUT2D eigenvalue weighted by Crippen LogP contribution is 2.51. The summed E-state index contributed by atoms with van der Waals surface area (Å²) in [7, 11) is 0. The molecule has 0 aliphatic carbocycles. The van der Waals surface area contributed by atoms with Crippen molar-refractivity contribution in [2.45, 2.75) is 4.90 Å². The van der Waals surface area contributed by atoms with Crippen LogP contribution in [0.15, 0.2) is 24.4 Å². The second kappa shape index (κ2) is 10.3. The van der Waals surface area contributed by atoms with E-state index in [-0.39, 0.29) is 49.5 Å². The van der Waals surface area contributed by atoms with Gasteiger partial charge in [-0.05, 0) is 6.26 Å². The molecule has 0 saturated heterocycles. The maximum absolute atomic E-state index is 11.5. The van der Waals surface area contributed by atoms with Gasteiger partial charge in [0, 0.05) is 0 Å². The van der Waals surface area contributed by atoms with Crippen LogP contribution < -0.4 is 0 Å². The highest BCUT2D eigenvalue weighted by molar-refractivity contribution is 8.13. The first kappa shape index (κ1) is 23.7. The third-order valence-electron chi connectivity index (χ3n) is 2.28. The molecule has 0 heterocycles. The number of carbonyl (C=O) groups is 1. The quantitative estimate of drug-likeness (QED) is 0.123. The Hall–Kier alpha value is 1.68. The minimum absolute atomic E-state index is 0.00746. The molecule has 132 valence electrons. The van der Waals surface area contributed by atoms with Crippen LogP contribution in [0.3, 0.4) is 0 Å². The summed E-state index contributed by atoms with van der Waals surface area (Å²) in [5.41, 5.74) is 0. The fraction of sp³-hybridized carbons (Fsp3) is 0.0833. The Morgan fingerprint density at radius 2 is 1.12 bits per heavy atom. The van der Waals surface area contributed by atoms with E-state index in [1.165, 1.54) is 0 Å². The smallest absolute Gasteiger partial charge is 0.232 e. The number of rotatable bonds is 4. The van der Waals surface area contributed by atoms with E-state index in [4.69, 9.17) is 104 Å². The van der Waals surface area contributed by atoms with Crippen LogP contribution in [0.2, 0.25) is 25.1 Å². The first-order valence-corrected chi connectivity index (χ1v) is 10.9. The van der Waals surface area contributed by atoms with Gasteiger partial charge < -0.3 is 0 Å². The average Bonchev–Trinajstić information content (AvgIpc) is 2.58. The van der Waals surface area contributed by atoms with Crippen molar-refractivity contribution < 1.29 is 4.79 Å². The number of benzene rings is 1. The first-order valence-electron chi connectivity index (χ1n) is 5.43.